The zero-order valence-electron chi connectivity index (χ0n) is 21.6. The van der Waals surface area contributed by atoms with Gasteiger partial charge in [0.1, 0.15) is 6.17 Å². The Morgan fingerprint density at radius 3 is 2.79 bits per heavy atom. The van der Waals surface area contributed by atoms with Crippen LogP contribution in [0.25, 0.3) is 0 Å². The highest BCUT2D eigenvalue weighted by molar-refractivity contribution is 5.72. The number of rotatable bonds is 10. The number of hydrogen-bond donors (Lipinski definition) is 0. The summed E-state index contributed by atoms with van der Waals surface area (Å²) in [6, 6.07) is 2.63. The van der Waals surface area contributed by atoms with Gasteiger partial charge in [0.25, 0.3) is 0 Å². The molecule has 1 aromatic heterocycles. The van der Waals surface area contributed by atoms with Crippen molar-refractivity contribution in [3.8, 4) is 0 Å². The summed E-state index contributed by atoms with van der Waals surface area (Å²) in [6.07, 6.45) is 17.6. The van der Waals surface area contributed by atoms with E-state index in [1.54, 1.807) is 13.1 Å². The number of aryl methyl sites for hydroxylation is 2. The van der Waals surface area contributed by atoms with Crippen molar-refractivity contribution in [2.24, 2.45) is 10.4 Å². The highest BCUT2D eigenvalue weighted by Crippen LogP contribution is 2.38. The van der Waals surface area contributed by atoms with Crippen molar-refractivity contribution in [2.75, 3.05) is 13.6 Å². The molecule has 3 nitrogen and oxygen atoms in total. The van der Waals surface area contributed by atoms with Crippen LogP contribution in [0.1, 0.15) is 63.8 Å². The molecule has 2 unspecified atom stereocenters. The number of pyridine rings is 1. The van der Waals surface area contributed by atoms with Gasteiger partial charge in [0.2, 0.25) is 0 Å². The van der Waals surface area contributed by atoms with Crippen LogP contribution in [0.5, 0.6) is 0 Å². The summed E-state index contributed by atoms with van der Waals surface area (Å²) in [7, 11) is 1.78. The fourth-order valence-corrected chi connectivity index (χ4v) is 4.14. The lowest BCUT2D eigenvalue weighted by Gasteiger charge is -2.31. The van der Waals surface area contributed by atoms with Gasteiger partial charge in [-0.3, -0.25) is 14.9 Å². The van der Waals surface area contributed by atoms with Crippen LogP contribution in [0.15, 0.2) is 64.9 Å². The number of allylic oxidation sites excluding steroid dienone is 7. The zero-order valence-corrected chi connectivity index (χ0v) is 21.6. The van der Waals surface area contributed by atoms with Crippen LogP contribution < -0.4 is 0 Å². The number of aliphatic imine (C=N–C) groups is 1. The summed E-state index contributed by atoms with van der Waals surface area (Å²) in [5, 5.41) is 0. The molecular formula is C29H42FN3. The van der Waals surface area contributed by atoms with E-state index in [1.165, 1.54) is 16.7 Å². The van der Waals surface area contributed by atoms with Crippen LogP contribution in [0.4, 0.5) is 4.39 Å². The van der Waals surface area contributed by atoms with Crippen LogP contribution in [0.3, 0.4) is 0 Å². The van der Waals surface area contributed by atoms with Crippen LogP contribution in [-0.2, 0) is 6.54 Å². The van der Waals surface area contributed by atoms with Crippen molar-refractivity contribution in [2.45, 2.75) is 79.6 Å². The molecule has 0 saturated carbocycles. The summed E-state index contributed by atoms with van der Waals surface area (Å²) in [4.78, 5) is 11.3. The van der Waals surface area contributed by atoms with Gasteiger partial charge in [0, 0.05) is 44.0 Å². The Kier molecular flexibility index (Phi) is 10.4. The van der Waals surface area contributed by atoms with E-state index >= 15 is 0 Å². The van der Waals surface area contributed by atoms with Gasteiger partial charge in [-0.25, -0.2) is 4.39 Å². The van der Waals surface area contributed by atoms with E-state index in [0.717, 1.165) is 37.2 Å². The van der Waals surface area contributed by atoms with Gasteiger partial charge < -0.3 is 0 Å². The van der Waals surface area contributed by atoms with E-state index in [9.17, 15) is 4.39 Å². The molecule has 4 heteroatoms. The van der Waals surface area contributed by atoms with Crippen molar-refractivity contribution in [3.05, 3.63) is 76.7 Å². The average molecular weight is 452 g/mol. The third-order valence-corrected chi connectivity index (χ3v) is 6.68. The predicted molar refractivity (Wildman–Crippen MR) is 141 cm³/mol. The summed E-state index contributed by atoms with van der Waals surface area (Å²) in [5.74, 6) is 0. The Morgan fingerprint density at radius 2 is 2.12 bits per heavy atom. The first-order valence-corrected chi connectivity index (χ1v) is 12.2. The van der Waals surface area contributed by atoms with Gasteiger partial charge in [-0.1, -0.05) is 57.2 Å². The topological polar surface area (TPSA) is 28.5 Å². The molecule has 2 rings (SSSR count). The molecule has 33 heavy (non-hydrogen) atoms. The maximum atomic E-state index is 13.9. The summed E-state index contributed by atoms with van der Waals surface area (Å²) < 4.78 is 13.9. The maximum Gasteiger partial charge on any atom is 0.119 e. The second kappa shape index (κ2) is 12.8. The molecule has 0 spiro atoms. The number of nitrogens with zero attached hydrogens (tertiary/aromatic N) is 3. The molecule has 0 aromatic carbocycles. The molecule has 0 radical (unpaired) electrons. The second-order valence-electron chi connectivity index (χ2n) is 9.63. The summed E-state index contributed by atoms with van der Waals surface area (Å²) >= 11 is 0. The minimum absolute atomic E-state index is 0.238. The molecule has 0 fully saturated rings. The fourth-order valence-electron chi connectivity index (χ4n) is 4.14. The average Bonchev–Trinajstić information content (AvgIpc) is 3.00. The Balaban J connectivity index is 2.37. The van der Waals surface area contributed by atoms with Gasteiger partial charge in [-0.15, -0.1) is 0 Å². The van der Waals surface area contributed by atoms with E-state index in [-0.39, 0.29) is 5.41 Å². The molecule has 1 aliphatic rings. The molecule has 1 aliphatic carbocycles. The third-order valence-electron chi connectivity index (χ3n) is 6.68. The van der Waals surface area contributed by atoms with Crippen LogP contribution in [0.2, 0.25) is 0 Å². The van der Waals surface area contributed by atoms with E-state index in [2.05, 4.69) is 75.7 Å². The van der Waals surface area contributed by atoms with Crippen LogP contribution >= 0.6 is 0 Å². The highest BCUT2D eigenvalue weighted by Gasteiger charge is 2.26. The molecule has 0 aliphatic heterocycles. The van der Waals surface area contributed by atoms with Crippen molar-refractivity contribution in [1.82, 2.24) is 9.88 Å². The molecule has 0 bridgehead atoms. The van der Waals surface area contributed by atoms with E-state index in [4.69, 9.17) is 4.98 Å². The lowest BCUT2D eigenvalue weighted by Crippen LogP contribution is -2.33. The van der Waals surface area contributed by atoms with Crippen molar-refractivity contribution < 1.29 is 4.39 Å². The lowest BCUT2D eigenvalue weighted by atomic mass is 9.76. The van der Waals surface area contributed by atoms with Gasteiger partial charge in [-0.2, -0.15) is 0 Å². The van der Waals surface area contributed by atoms with Crippen LogP contribution in [0, 0.1) is 19.3 Å². The van der Waals surface area contributed by atoms with E-state index in [0.29, 0.717) is 12.5 Å². The first kappa shape index (κ1) is 26.9. The smallest absolute Gasteiger partial charge is 0.119 e. The van der Waals surface area contributed by atoms with Gasteiger partial charge >= 0.3 is 0 Å². The molecule has 0 amide bonds. The summed E-state index contributed by atoms with van der Waals surface area (Å²) in [6.45, 7) is 14.8. The largest absolute Gasteiger partial charge is 0.297 e. The third kappa shape index (κ3) is 7.89. The van der Waals surface area contributed by atoms with Gasteiger partial charge in [-0.05, 0) is 68.4 Å². The SMILES string of the molecule is CCC(C)N(C/C=C(/C=C\C=N/C)C(C)(C)C1=CCCC(F)C=C1)Cc1ncc(C)cc1C. The van der Waals surface area contributed by atoms with Crippen molar-refractivity contribution >= 4 is 6.21 Å². The maximum absolute atomic E-state index is 13.9. The Bertz CT molecular complexity index is 921. The fraction of sp³-hybridized carbons (Fsp3) is 0.517. The standard InChI is InChI=1S/C29H42FN3/c1-8-24(4)33(21-28-23(3)19-22(2)20-32-28)18-16-26(12-10-17-31-7)29(5,6)25-11-9-13-27(30)15-14-25/h10-12,14-17,19-20,24,27H,8-9,13,18,21H2,1-7H3/b12-10-,26-16-,31-17-. The lowest BCUT2D eigenvalue weighted by molar-refractivity contribution is 0.213. The van der Waals surface area contributed by atoms with E-state index in [1.807, 2.05) is 24.6 Å². The molecule has 0 N–H and O–H groups in total. The number of alkyl halides is 1. The number of halogens is 1. The molecule has 180 valence electrons. The monoisotopic (exact) mass is 451 g/mol. The quantitative estimate of drug-likeness (QED) is 0.280. The van der Waals surface area contributed by atoms with Gasteiger partial charge in [0.05, 0.1) is 5.69 Å². The minimum Gasteiger partial charge on any atom is -0.297 e. The molecular weight excluding hydrogens is 409 g/mol. The zero-order chi connectivity index (χ0) is 24.4. The molecule has 2 atom stereocenters. The Morgan fingerprint density at radius 1 is 1.36 bits per heavy atom. The second-order valence-corrected chi connectivity index (χ2v) is 9.63. The van der Waals surface area contributed by atoms with E-state index < -0.39 is 6.17 Å². The highest BCUT2D eigenvalue weighted by atomic mass is 19.1. The molecule has 0 saturated heterocycles. The normalized spacial score (nSPS) is 18.9. The first-order valence-electron chi connectivity index (χ1n) is 12.2. The number of hydrogen-bond acceptors (Lipinski definition) is 3. The molecule has 1 heterocycles. The van der Waals surface area contributed by atoms with Crippen molar-refractivity contribution in [1.29, 1.82) is 0 Å². The predicted octanol–water partition coefficient (Wildman–Crippen LogP) is 7.12. The minimum atomic E-state index is -0.865. The van der Waals surface area contributed by atoms with Gasteiger partial charge in [0.15, 0.2) is 0 Å². The number of aromatic nitrogens is 1. The summed E-state index contributed by atoms with van der Waals surface area (Å²) in [5.41, 5.74) is 5.69. The van der Waals surface area contributed by atoms with Crippen molar-refractivity contribution in [3.63, 3.8) is 0 Å². The molecule has 1 aromatic rings. The first-order chi connectivity index (χ1) is 15.7. The van der Waals surface area contributed by atoms with Crippen LogP contribution in [-0.4, -0.2) is 41.9 Å². The Labute approximate surface area is 200 Å². The Hall–Kier alpha value is -2.33.